The molecular formula is C36H39BN6-. The lowest BCUT2D eigenvalue weighted by Crippen LogP contribution is -2.43. The third-order valence-corrected chi connectivity index (χ3v) is 8.38. The summed E-state index contributed by atoms with van der Waals surface area (Å²) in [5.74, 6) is 0. The maximum atomic E-state index is 5.18. The van der Waals surface area contributed by atoms with Gasteiger partial charge in [-0.25, -0.2) is 15.3 Å². The van der Waals surface area contributed by atoms with Gasteiger partial charge in [-0.2, -0.15) is 0 Å². The van der Waals surface area contributed by atoms with Gasteiger partial charge in [0.1, 0.15) is 0 Å². The van der Waals surface area contributed by atoms with E-state index in [2.05, 4.69) is 117 Å². The number of aromatic nitrogens is 6. The molecule has 43 heavy (non-hydrogen) atoms. The molecule has 0 saturated carbocycles. The zero-order chi connectivity index (χ0) is 30.6. The van der Waals surface area contributed by atoms with Crippen LogP contribution in [0.15, 0.2) is 73.2 Å². The summed E-state index contributed by atoms with van der Waals surface area (Å²) < 4.78 is 6.01. The first-order valence-corrected chi connectivity index (χ1v) is 14.9. The summed E-state index contributed by atoms with van der Waals surface area (Å²) in [4.78, 5) is 0. The molecule has 0 aliphatic carbocycles. The van der Waals surface area contributed by atoms with E-state index in [9.17, 15) is 0 Å². The highest BCUT2D eigenvalue weighted by Crippen LogP contribution is 2.31. The highest BCUT2D eigenvalue weighted by atomic mass is 15.4. The van der Waals surface area contributed by atoms with Gasteiger partial charge in [0.2, 0.25) is 0 Å². The van der Waals surface area contributed by atoms with E-state index in [-0.39, 0.29) is 0 Å². The lowest BCUT2D eigenvalue weighted by molar-refractivity contribution is 0.776. The molecule has 0 bridgehead atoms. The van der Waals surface area contributed by atoms with Crippen molar-refractivity contribution in [2.24, 2.45) is 0 Å². The summed E-state index contributed by atoms with van der Waals surface area (Å²) in [5.41, 5.74) is 17.5. The van der Waals surface area contributed by atoms with Crippen molar-refractivity contribution in [3.05, 3.63) is 123 Å². The first-order valence-electron chi connectivity index (χ1n) is 14.9. The van der Waals surface area contributed by atoms with Crippen LogP contribution < -0.4 is 0 Å². The van der Waals surface area contributed by atoms with Crippen molar-refractivity contribution in [2.75, 3.05) is 0 Å². The fourth-order valence-corrected chi connectivity index (χ4v) is 6.99. The van der Waals surface area contributed by atoms with E-state index >= 15 is 0 Å². The second kappa shape index (κ2) is 10.9. The molecular weight excluding hydrogens is 527 g/mol. The van der Waals surface area contributed by atoms with Gasteiger partial charge in [0.05, 0.1) is 11.4 Å². The average Bonchev–Trinajstić information content (AvgIpc) is 3.66. The summed E-state index contributed by atoms with van der Waals surface area (Å²) in [6.07, 6.45) is 5.96. The number of aryl methyl sites for hydroxylation is 9. The SMILES string of the molecule is Cc1cc(C)c(-c2ccn([B-](n3ccc(-c4c(C)cc(C)cc4C)n3)n3nccc3-c3c(C)cc(C)cc3C)n2)c(C)c1. The Morgan fingerprint density at radius 1 is 0.488 bits per heavy atom. The van der Waals surface area contributed by atoms with Crippen molar-refractivity contribution < 1.29 is 0 Å². The zero-order valence-electron chi connectivity index (χ0n) is 26.7. The van der Waals surface area contributed by atoms with E-state index in [4.69, 9.17) is 15.3 Å². The van der Waals surface area contributed by atoms with Crippen molar-refractivity contribution in [2.45, 2.75) is 62.3 Å². The van der Waals surface area contributed by atoms with Crippen LogP contribution >= 0.6 is 0 Å². The highest BCUT2D eigenvalue weighted by Gasteiger charge is 2.20. The van der Waals surface area contributed by atoms with Gasteiger partial charge in [-0.05, 0) is 126 Å². The Morgan fingerprint density at radius 2 is 0.860 bits per heavy atom. The van der Waals surface area contributed by atoms with Crippen molar-refractivity contribution in [3.63, 3.8) is 0 Å². The lowest BCUT2D eigenvalue weighted by atomic mass is 9.91. The van der Waals surface area contributed by atoms with E-state index in [1.807, 2.05) is 32.4 Å². The maximum Gasteiger partial charge on any atom is 0.261 e. The number of rotatable bonds is 6. The molecule has 0 N–H and O–H groups in total. The van der Waals surface area contributed by atoms with Gasteiger partial charge >= 0.3 is 0 Å². The molecule has 0 atom stereocenters. The summed E-state index contributed by atoms with van der Waals surface area (Å²) >= 11 is 0. The lowest BCUT2D eigenvalue weighted by Gasteiger charge is -2.32. The molecule has 1 radical (unpaired) electrons. The molecule has 3 aromatic heterocycles. The van der Waals surface area contributed by atoms with Crippen LogP contribution in [0, 0.1) is 62.3 Å². The van der Waals surface area contributed by atoms with Crippen LogP contribution in [-0.2, 0) is 0 Å². The number of hydrogen-bond acceptors (Lipinski definition) is 3. The number of nitrogens with zero attached hydrogens (tertiary/aromatic N) is 6. The molecule has 6 aromatic rings. The second-order valence-electron chi connectivity index (χ2n) is 12.2. The molecule has 0 aliphatic heterocycles. The standard InChI is InChI=1S/C36H39BN6/c1-22-16-25(4)34(26(5)17-22)31-11-14-41(39-31)37(42-15-12-32(40-42)35-27(6)18-23(2)19-28(35)7)43-33(10-13-38-43)36-29(8)20-24(3)21-30(36)9/h10-21H,1-9H3/q-1. The molecule has 6 rings (SSSR count). The Balaban J connectivity index is 1.54. The largest absolute Gasteiger partial charge is 0.424 e. The quantitative estimate of drug-likeness (QED) is 0.192. The van der Waals surface area contributed by atoms with Crippen molar-refractivity contribution in [1.29, 1.82) is 0 Å². The Kier molecular flexibility index (Phi) is 7.21. The van der Waals surface area contributed by atoms with E-state index in [0.717, 1.165) is 17.1 Å². The average molecular weight is 567 g/mol. The maximum absolute atomic E-state index is 5.18. The van der Waals surface area contributed by atoms with Crippen LogP contribution in [0.3, 0.4) is 0 Å². The van der Waals surface area contributed by atoms with Gasteiger partial charge in [0.15, 0.2) is 0 Å². The Hall–Kier alpha value is -4.65. The number of benzene rings is 3. The molecule has 0 fully saturated rings. The minimum atomic E-state index is -0.454. The number of hydrogen-bond donors (Lipinski definition) is 0. The molecule has 0 aliphatic rings. The molecule has 0 saturated heterocycles. The van der Waals surface area contributed by atoms with Crippen molar-refractivity contribution in [3.8, 4) is 33.8 Å². The van der Waals surface area contributed by atoms with Gasteiger partial charge in [-0.1, -0.05) is 53.1 Å². The van der Waals surface area contributed by atoms with Gasteiger partial charge in [-0.3, -0.25) is 0 Å². The predicted molar refractivity (Wildman–Crippen MR) is 178 cm³/mol. The summed E-state index contributed by atoms with van der Waals surface area (Å²) in [7, 11) is -0.454. The highest BCUT2D eigenvalue weighted by molar-refractivity contribution is 6.53. The zero-order valence-corrected chi connectivity index (χ0v) is 26.7. The van der Waals surface area contributed by atoms with Crippen LogP contribution in [0.4, 0.5) is 0 Å². The third kappa shape index (κ3) is 5.14. The van der Waals surface area contributed by atoms with Crippen LogP contribution in [0.25, 0.3) is 33.8 Å². The molecule has 3 heterocycles. The summed E-state index contributed by atoms with van der Waals surface area (Å²) in [5, 5.41) is 15.3. The molecule has 3 aromatic carbocycles. The van der Waals surface area contributed by atoms with Gasteiger partial charge < -0.3 is 13.8 Å². The van der Waals surface area contributed by atoms with Crippen LogP contribution in [0.1, 0.15) is 50.1 Å². The molecule has 217 valence electrons. The minimum absolute atomic E-state index is 0.454. The molecule has 0 unspecified atom stereocenters. The summed E-state index contributed by atoms with van der Waals surface area (Å²) in [6, 6.07) is 19.6. The van der Waals surface area contributed by atoms with Crippen LogP contribution in [0.2, 0.25) is 0 Å². The fourth-order valence-electron chi connectivity index (χ4n) is 6.99. The van der Waals surface area contributed by atoms with E-state index < -0.39 is 7.12 Å². The normalized spacial score (nSPS) is 11.6. The topological polar surface area (TPSA) is 53.5 Å². The predicted octanol–water partition coefficient (Wildman–Crippen LogP) is 7.98. The van der Waals surface area contributed by atoms with E-state index in [1.165, 1.54) is 66.8 Å². The Labute approximate surface area is 255 Å². The van der Waals surface area contributed by atoms with Gasteiger partial charge in [0.25, 0.3) is 7.12 Å². The smallest absolute Gasteiger partial charge is 0.261 e. The monoisotopic (exact) mass is 566 g/mol. The second-order valence-corrected chi connectivity index (χ2v) is 12.2. The summed E-state index contributed by atoms with van der Waals surface area (Å²) in [6.45, 7) is 19.4. The first kappa shape index (κ1) is 28.5. The first-order chi connectivity index (χ1) is 20.5. The minimum Gasteiger partial charge on any atom is -0.424 e. The van der Waals surface area contributed by atoms with Crippen molar-refractivity contribution in [1.82, 2.24) is 29.1 Å². The third-order valence-electron chi connectivity index (χ3n) is 8.38. The van der Waals surface area contributed by atoms with Crippen LogP contribution in [0.5, 0.6) is 0 Å². The molecule has 7 heteroatoms. The van der Waals surface area contributed by atoms with E-state index in [0.29, 0.717) is 0 Å². The van der Waals surface area contributed by atoms with Crippen molar-refractivity contribution >= 4 is 7.12 Å². The van der Waals surface area contributed by atoms with Gasteiger partial charge in [-0.15, -0.1) is 0 Å². The molecule has 0 amide bonds. The van der Waals surface area contributed by atoms with Crippen LogP contribution in [-0.4, -0.2) is 36.2 Å². The van der Waals surface area contributed by atoms with E-state index in [1.54, 1.807) is 0 Å². The Morgan fingerprint density at radius 3 is 1.26 bits per heavy atom. The van der Waals surface area contributed by atoms with Gasteiger partial charge in [0, 0.05) is 28.6 Å². The molecule has 6 nitrogen and oxygen atoms in total. The Bertz CT molecular complexity index is 1820. The fraction of sp³-hybridized carbons (Fsp3) is 0.250. The molecule has 0 spiro atoms.